The molecule has 1 heteroatoms. The van der Waals surface area contributed by atoms with E-state index < -0.39 is 0 Å². The standard InChI is InChI=1S/C10H21O/c1-9(2)8-11-7-6-10(3,4)5/h7,9H,6,8H2,1-5H3. The molecule has 0 amide bonds. The van der Waals surface area contributed by atoms with Gasteiger partial charge in [-0.1, -0.05) is 34.6 Å². The maximum Gasteiger partial charge on any atom is 0.0842 e. The minimum atomic E-state index is 0.358. The summed E-state index contributed by atoms with van der Waals surface area (Å²) in [5, 5.41) is 0. The maximum atomic E-state index is 5.35. The van der Waals surface area contributed by atoms with Crippen molar-refractivity contribution in [3.63, 3.8) is 0 Å². The monoisotopic (exact) mass is 157 g/mol. The zero-order chi connectivity index (χ0) is 8.91. The molecule has 0 saturated carbocycles. The number of hydrogen-bond acceptors (Lipinski definition) is 1. The van der Waals surface area contributed by atoms with Crippen LogP contribution in [-0.4, -0.2) is 6.61 Å². The molecule has 1 nitrogen and oxygen atoms in total. The van der Waals surface area contributed by atoms with Gasteiger partial charge < -0.3 is 4.74 Å². The lowest BCUT2D eigenvalue weighted by molar-refractivity contribution is 0.143. The van der Waals surface area contributed by atoms with Gasteiger partial charge in [-0.15, -0.1) is 0 Å². The van der Waals surface area contributed by atoms with E-state index in [-0.39, 0.29) is 0 Å². The first-order chi connectivity index (χ1) is 4.92. The van der Waals surface area contributed by atoms with Crippen LogP contribution in [0.3, 0.4) is 0 Å². The molecule has 0 bridgehead atoms. The zero-order valence-electron chi connectivity index (χ0n) is 8.48. The number of rotatable bonds is 4. The van der Waals surface area contributed by atoms with Gasteiger partial charge in [-0.05, 0) is 17.8 Å². The fraction of sp³-hybridized carbons (Fsp3) is 0.900. The second kappa shape index (κ2) is 4.76. The minimum absolute atomic E-state index is 0.358. The normalized spacial score (nSPS) is 12.5. The molecule has 0 aliphatic carbocycles. The quantitative estimate of drug-likeness (QED) is 0.569. The van der Waals surface area contributed by atoms with Crippen molar-refractivity contribution in [2.45, 2.75) is 41.0 Å². The summed E-state index contributed by atoms with van der Waals surface area (Å²) in [6.45, 7) is 13.7. The third-order valence-electron chi connectivity index (χ3n) is 1.24. The van der Waals surface area contributed by atoms with Crippen molar-refractivity contribution in [2.75, 3.05) is 6.61 Å². The fourth-order valence-electron chi connectivity index (χ4n) is 0.569. The van der Waals surface area contributed by atoms with E-state index in [1.165, 1.54) is 0 Å². The van der Waals surface area contributed by atoms with Crippen LogP contribution in [0.4, 0.5) is 0 Å². The molecule has 0 unspecified atom stereocenters. The summed E-state index contributed by atoms with van der Waals surface area (Å²) in [6.07, 6.45) is 1.03. The molecule has 0 aliphatic heterocycles. The Morgan fingerprint density at radius 3 is 2.18 bits per heavy atom. The Morgan fingerprint density at radius 2 is 1.82 bits per heavy atom. The van der Waals surface area contributed by atoms with Gasteiger partial charge in [0.05, 0.1) is 6.61 Å². The highest BCUT2D eigenvalue weighted by Gasteiger charge is 2.09. The topological polar surface area (TPSA) is 9.23 Å². The van der Waals surface area contributed by atoms with E-state index in [9.17, 15) is 0 Å². The zero-order valence-corrected chi connectivity index (χ0v) is 8.48. The lowest BCUT2D eigenvalue weighted by atomic mass is 9.93. The van der Waals surface area contributed by atoms with E-state index in [2.05, 4.69) is 34.6 Å². The Balaban J connectivity index is 3.15. The summed E-state index contributed by atoms with van der Waals surface area (Å²) >= 11 is 0. The third kappa shape index (κ3) is 9.96. The molecule has 0 atom stereocenters. The van der Waals surface area contributed by atoms with Gasteiger partial charge in [0.15, 0.2) is 0 Å². The van der Waals surface area contributed by atoms with Crippen LogP contribution in [0.2, 0.25) is 0 Å². The van der Waals surface area contributed by atoms with Crippen LogP contribution in [0.25, 0.3) is 0 Å². The molecule has 0 saturated heterocycles. The lowest BCUT2D eigenvalue weighted by Crippen LogP contribution is -2.08. The smallest absolute Gasteiger partial charge is 0.0842 e. The first kappa shape index (κ1) is 11.0. The molecule has 0 aromatic carbocycles. The molecule has 11 heavy (non-hydrogen) atoms. The molecular weight excluding hydrogens is 136 g/mol. The Labute approximate surface area is 71.1 Å². The molecule has 0 N–H and O–H groups in total. The van der Waals surface area contributed by atoms with Crippen LogP contribution in [-0.2, 0) is 4.74 Å². The van der Waals surface area contributed by atoms with Gasteiger partial charge in [-0.3, -0.25) is 0 Å². The molecule has 0 aromatic heterocycles. The Kier molecular flexibility index (Phi) is 4.74. The average molecular weight is 157 g/mol. The van der Waals surface area contributed by atoms with Crippen molar-refractivity contribution in [3.05, 3.63) is 6.61 Å². The van der Waals surface area contributed by atoms with Gasteiger partial charge >= 0.3 is 0 Å². The van der Waals surface area contributed by atoms with Crippen molar-refractivity contribution in [3.8, 4) is 0 Å². The second-order valence-electron chi connectivity index (χ2n) is 4.66. The predicted octanol–water partition coefficient (Wildman–Crippen LogP) is 3.26. The van der Waals surface area contributed by atoms with Crippen LogP contribution in [0.15, 0.2) is 0 Å². The van der Waals surface area contributed by atoms with E-state index in [1.54, 1.807) is 0 Å². The van der Waals surface area contributed by atoms with E-state index in [4.69, 9.17) is 4.74 Å². The molecule has 0 spiro atoms. The molecular formula is C10H21O. The lowest BCUT2D eigenvalue weighted by Gasteiger charge is -2.17. The Morgan fingerprint density at radius 1 is 1.27 bits per heavy atom. The SMILES string of the molecule is CC(C)CO[CH]CC(C)(C)C. The highest BCUT2D eigenvalue weighted by atomic mass is 16.5. The maximum absolute atomic E-state index is 5.35. The van der Waals surface area contributed by atoms with Crippen LogP contribution in [0, 0.1) is 17.9 Å². The Bertz CT molecular complexity index is 89.5. The van der Waals surface area contributed by atoms with Crippen molar-refractivity contribution in [1.29, 1.82) is 0 Å². The van der Waals surface area contributed by atoms with Gasteiger partial charge in [0.1, 0.15) is 0 Å². The molecule has 0 fully saturated rings. The summed E-state index contributed by atoms with van der Waals surface area (Å²) in [4.78, 5) is 0. The van der Waals surface area contributed by atoms with Gasteiger partial charge in [0.25, 0.3) is 0 Å². The highest BCUT2D eigenvalue weighted by molar-refractivity contribution is 4.66. The largest absolute Gasteiger partial charge is 0.375 e. The summed E-state index contributed by atoms with van der Waals surface area (Å²) in [5.41, 5.74) is 0.358. The van der Waals surface area contributed by atoms with Gasteiger partial charge in [-0.2, -0.15) is 0 Å². The van der Waals surface area contributed by atoms with Crippen LogP contribution in [0.1, 0.15) is 41.0 Å². The van der Waals surface area contributed by atoms with E-state index >= 15 is 0 Å². The fourth-order valence-corrected chi connectivity index (χ4v) is 0.569. The van der Waals surface area contributed by atoms with E-state index in [0.717, 1.165) is 13.0 Å². The summed E-state index contributed by atoms with van der Waals surface area (Å²) < 4.78 is 5.35. The van der Waals surface area contributed by atoms with Crippen molar-refractivity contribution in [2.24, 2.45) is 11.3 Å². The summed E-state index contributed by atoms with van der Waals surface area (Å²) in [7, 11) is 0. The first-order valence-electron chi connectivity index (χ1n) is 4.35. The molecule has 0 rings (SSSR count). The molecule has 0 aromatic rings. The van der Waals surface area contributed by atoms with Gasteiger partial charge in [-0.25, -0.2) is 0 Å². The average Bonchev–Trinajstić information content (AvgIpc) is 1.78. The number of hydrogen-bond donors (Lipinski definition) is 0. The van der Waals surface area contributed by atoms with Crippen LogP contribution >= 0.6 is 0 Å². The predicted molar refractivity (Wildman–Crippen MR) is 49.2 cm³/mol. The molecule has 0 heterocycles. The Hall–Kier alpha value is -0.0400. The van der Waals surface area contributed by atoms with Crippen molar-refractivity contribution >= 4 is 0 Å². The molecule has 67 valence electrons. The summed E-state index contributed by atoms with van der Waals surface area (Å²) in [6, 6.07) is 0. The van der Waals surface area contributed by atoms with Crippen molar-refractivity contribution in [1.82, 2.24) is 0 Å². The molecule has 1 radical (unpaired) electrons. The van der Waals surface area contributed by atoms with Gasteiger partial charge in [0, 0.05) is 6.61 Å². The minimum Gasteiger partial charge on any atom is -0.375 e. The summed E-state index contributed by atoms with van der Waals surface area (Å²) in [5.74, 6) is 0.631. The van der Waals surface area contributed by atoms with Crippen LogP contribution < -0.4 is 0 Å². The van der Waals surface area contributed by atoms with Gasteiger partial charge in [0.2, 0.25) is 0 Å². The van der Waals surface area contributed by atoms with E-state index in [1.807, 2.05) is 6.61 Å². The van der Waals surface area contributed by atoms with E-state index in [0.29, 0.717) is 11.3 Å². The molecule has 0 aliphatic rings. The highest BCUT2D eigenvalue weighted by Crippen LogP contribution is 2.20. The number of ether oxygens (including phenoxy) is 1. The first-order valence-corrected chi connectivity index (χ1v) is 4.35. The third-order valence-corrected chi connectivity index (χ3v) is 1.24. The van der Waals surface area contributed by atoms with Crippen LogP contribution in [0.5, 0.6) is 0 Å². The van der Waals surface area contributed by atoms with Crippen molar-refractivity contribution < 1.29 is 4.74 Å². The second-order valence-corrected chi connectivity index (χ2v) is 4.66.